The molecular weight excluding hydrogens is 312 g/mol. The van der Waals surface area contributed by atoms with Crippen LogP contribution in [-0.2, 0) is 10.1 Å². The molecule has 140 valence electrons. The van der Waals surface area contributed by atoms with Crippen LogP contribution in [0.25, 0.3) is 0 Å². The van der Waals surface area contributed by atoms with Crippen LogP contribution < -0.4 is 5.32 Å². The van der Waals surface area contributed by atoms with Crippen molar-refractivity contribution >= 4 is 10.1 Å². The fraction of sp³-hybridized carbons (Fsp3) is 1.00. The van der Waals surface area contributed by atoms with Crippen molar-refractivity contribution in [2.75, 3.05) is 46.5 Å². The van der Waals surface area contributed by atoms with Crippen LogP contribution in [0.3, 0.4) is 0 Å². The largest absolute Gasteiger partial charge is 0.328 e. The first kappa shape index (κ1) is 22.8. The minimum Gasteiger partial charge on any atom is -0.328 e. The second kappa shape index (κ2) is 13.2. The topological polar surface area (TPSA) is 66.4 Å². The van der Waals surface area contributed by atoms with E-state index in [4.69, 9.17) is 4.55 Å². The maximum atomic E-state index is 10.7. The zero-order chi connectivity index (χ0) is 17.6. The molecule has 2 N–H and O–H groups in total. The Morgan fingerprint density at radius 2 is 1.22 bits per heavy atom. The third-order valence-corrected chi connectivity index (χ3v) is 5.16. The average Bonchev–Trinajstić information content (AvgIpc) is 2.43. The van der Waals surface area contributed by atoms with Crippen molar-refractivity contribution in [1.82, 2.24) is 5.32 Å². The molecule has 0 bridgehead atoms. The van der Waals surface area contributed by atoms with E-state index in [9.17, 15) is 8.42 Å². The molecule has 0 heterocycles. The summed E-state index contributed by atoms with van der Waals surface area (Å²) in [5.74, 6) is -0.122. The van der Waals surface area contributed by atoms with Gasteiger partial charge >= 0.3 is 0 Å². The minimum atomic E-state index is -3.81. The van der Waals surface area contributed by atoms with E-state index in [-0.39, 0.29) is 5.75 Å². The number of nitrogens with one attached hydrogen (secondary N) is 1. The Balaban J connectivity index is 3.42. The summed E-state index contributed by atoms with van der Waals surface area (Å²) >= 11 is 0. The molecule has 0 aromatic carbocycles. The van der Waals surface area contributed by atoms with Crippen molar-refractivity contribution in [2.24, 2.45) is 0 Å². The number of hydrogen-bond donors (Lipinski definition) is 2. The molecule has 5 nitrogen and oxygen atoms in total. The lowest BCUT2D eigenvalue weighted by atomic mass is 10.1. The quantitative estimate of drug-likeness (QED) is 0.255. The monoisotopic (exact) mass is 351 g/mol. The Bertz CT molecular complexity index is 370. The van der Waals surface area contributed by atoms with E-state index in [0.29, 0.717) is 6.42 Å². The molecular formula is C17H39N2O3S+. The summed E-state index contributed by atoms with van der Waals surface area (Å²) in [6.45, 7) is 3.01. The van der Waals surface area contributed by atoms with Crippen molar-refractivity contribution in [2.45, 2.75) is 64.2 Å². The Hall–Kier alpha value is -0.170. The first-order valence-electron chi connectivity index (χ1n) is 9.19. The van der Waals surface area contributed by atoms with Crippen molar-refractivity contribution in [1.29, 1.82) is 0 Å². The molecule has 0 fully saturated rings. The normalized spacial score (nSPS) is 12.7. The standard InChI is InChI=1S/C17H38N2O3S/c1-18-14-11-9-7-5-4-6-8-10-12-15-19(2,3)16-13-17-23(20,21)22/h18H,4-17H2,1-3H3/p+1. The van der Waals surface area contributed by atoms with Gasteiger partial charge in [0.05, 0.1) is 32.9 Å². The minimum absolute atomic E-state index is 0.122. The first-order chi connectivity index (χ1) is 10.8. The van der Waals surface area contributed by atoms with Crippen LogP contribution in [0.4, 0.5) is 0 Å². The van der Waals surface area contributed by atoms with Gasteiger partial charge in [-0.05, 0) is 32.9 Å². The molecule has 6 heteroatoms. The molecule has 0 amide bonds. The van der Waals surface area contributed by atoms with Gasteiger partial charge in [0.1, 0.15) is 0 Å². The zero-order valence-electron chi connectivity index (χ0n) is 15.5. The molecule has 0 aliphatic heterocycles. The van der Waals surface area contributed by atoms with Crippen molar-refractivity contribution in [3.63, 3.8) is 0 Å². The highest BCUT2D eigenvalue weighted by atomic mass is 32.2. The van der Waals surface area contributed by atoms with E-state index >= 15 is 0 Å². The maximum absolute atomic E-state index is 10.7. The van der Waals surface area contributed by atoms with Gasteiger partial charge in [0, 0.05) is 6.42 Å². The van der Waals surface area contributed by atoms with E-state index in [1.807, 2.05) is 7.05 Å². The van der Waals surface area contributed by atoms with Gasteiger partial charge in [0.25, 0.3) is 10.1 Å². The van der Waals surface area contributed by atoms with E-state index in [1.165, 1.54) is 57.8 Å². The van der Waals surface area contributed by atoms with Gasteiger partial charge in [-0.3, -0.25) is 4.55 Å². The molecule has 0 rings (SSSR count). The van der Waals surface area contributed by atoms with Gasteiger partial charge in [-0.25, -0.2) is 0 Å². The second-order valence-corrected chi connectivity index (χ2v) is 8.88. The molecule has 0 aromatic rings. The lowest BCUT2D eigenvalue weighted by molar-refractivity contribution is -0.890. The van der Waals surface area contributed by atoms with Gasteiger partial charge in [-0.15, -0.1) is 0 Å². The fourth-order valence-electron chi connectivity index (χ4n) is 2.87. The molecule has 0 atom stereocenters. The first-order valence-corrected chi connectivity index (χ1v) is 10.8. The van der Waals surface area contributed by atoms with Crippen LogP contribution in [0.15, 0.2) is 0 Å². The summed E-state index contributed by atoms with van der Waals surface area (Å²) in [5.41, 5.74) is 0. The van der Waals surface area contributed by atoms with Crippen molar-refractivity contribution in [3.8, 4) is 0 Å². The van der Waals surface area contributed by atoms with Gasteiger partial charge in [-0.2, -0.15) is 8.42 Å². The lowest BCUT2D eigenvalue weighted by Crippen LogP contribution is -2.41. The molecule has 0 spiro atoms. The summed E-state index contributed by atoms with van der Waals surface area (Å²) in [7, 11) is 2.47. The van der Waals surface area contributed by atoms with Crippen molar-refractivity contribution in [3.05, 3.63) is 0 Å². The Morgan fingerprint density at radius 1 is 0.783 bits per heavy atom. The van der Waals surface area contributed by atoms with Crippen LogP contribution in [-0.4, -0.2) is 64.0 Å². The molecule has 0 aromatic heterocycles. The Labute approximate surface area is 144 Å². The highest BCUT2D eigenvalue weighted by Gasteiger charge is 2.16. The highest BCUT2D eigenvalue weighted by Crippen LogP contribution is 2.11. The van der Waals surface area contributed by atoms with E-state index < -0.39 is 10.1 Å². The van der Waals surface area contributed by atoms with Crippen LogP contribution in [0.2, 0.25) is 0 Å². The number of rotatable bonds is 16. The molecule has 0 saturated heterocycles. The molecule has 23 heavy (non-hydrogen) atoms. The van der Waals surface area contributed by atoms with Gasteiger partial charge < -0.3 is 9.80 Å². The number of unbranched alkanes of at least 4 members (excludes halogenated alkanes) is 8. The molecule has 0 aliphatic carbocycles. The zero-order valence-corrected chi connectivity index (χ0v) is 16.3. The molecule has 0 radical (unpaired) electrons. The summed E-state index contributed by atoms with van der Waals surface area (Å²) in [6.07, 6.45) is 12.3. The fourth-order valence-corrected chi connectivity index (χ4v) is 3.36. The third kappa shape index (κ3) is 18.0. The second-order valence-electron chi connectivity index (χ2n) is 7.31. The summed E-state index contributed by atoms with van der Waals surface area (Å²) in [6, 6.07) is 0. The summed E-state index contributed by atoms with van der Waals surface area (Å²) in [4.78, 5) is 0. The van der Waals surface area contributed by atoms with Gasteiger partial charge in [0.15, 0.2) is 0 Å². The predicted octanol–water partition coefficient (Wildman–Crippen LogP) is 3.07. The van der Waals surface area contributed by atoms with Crippen LogP contribution >= 0.6 is 0 Å². The molecule has 0 saturated carbocycles. The van der Waals surface area contributed by atoms with Gasteiger partial charge in [0.2, 0.25) is 0 Å². The Kier molecular flexibility index (Phi) is 13.1. The van der Waals surface area contributed by atoms with Crippen molar-refractivity contribution < 1.29 is 17.5 Å². The van der Waals surface area contributed by atoms with E-state index in [0.717, 1.165) is 24.1 Å². The third-order valence-electron chi connectivity index (χ3n) is 4.36. The highest BCUT2D eigenvalue weighted by molar-refractivity contribution is 7.85. The van der Waals surface area contributed by atoms with Crippen LogP contribution in [0.5, 0.6) is 0 Å². The Morgan fingerprint density at radius 3 is 1.70 bits per heavy atom. The average molecular weight is 352 g/mol. The molecule has 0 aliphatic rings. The lowest BCUT2D eigenvalue weighted by Gasteiger charge is -2.29. The van der Waals surface area contributed by atoms with E-state index in [2.05, 4.69) is 19.4 Å². The number of hydrogen-bond acceptors (Lipinski definition) is 3. The summed E-state index contributed by atoms with van der Waals surface area (Å²) < 4.78 is 31.0. The maximum Gasteiger partial charge on any atom is 0.265 e. The van der Waals surface area contributed by atoms with Gasteiger partial charge in [-0.1, -0.05) is 38.5 Å². The van der Waals surface area contributed by atoms with Crippen LogP contribution in [0, 0.1) is 0 Å². The SMILES string of the molecule is CNCCCCCCCCCCC[N+](C)(C)CCCS(=O)(=O)O. The summed E-state index contributed by atoms with van der Waals surface area (Å²) in [5, 5.41) is 3.18. The smallest absolute Gasteiger partial charge is 0.265 e. The predicted molar refractivity (Wildman–Crippen MR) is 98.4 cm³/mol. The number of quaternary nitrogens is 1. The molecule has 0 unspecified atom stereocenters. The van der Waals surface area contributed by atoms with E-state index in [1.54, 1.807) is 0 Å². The number of nitrogens with zero attached hydrogens (tertiary/aromatic N) is 1. The van der Waals surface area contributed by atoms with Crippen LogP contribution in [0.1, 0.15) is 64.2 Å².